The van der Waals surface area contributed by atoms with E-state index in [-0.39, 0.29) is 0 Å². The molecule has 0 aliphatic heterocycles. The van der Waals surface area contributed by atoms with Crippen LogP contribution in [0.1, 0.15) is 23.1 Å². The molecule has 0 saturated carbocycles. The molecule has 0 aromatic heterocycles. The van der Waals surface area contributed by atoms with E-state index in [2.05, 4.69) is 12.1 Å². The van der Waals surface area contributed by atoms with Crippen LogP contribution >= 0.6 is 0 Å². The van der Waals surface area contributed by atoms with E-state index in [1.807, 2.05) is 12.1 Å². The zero-order valence-corrected chi connectivity index (χ0v) is 11.2. The fourth-order valence-electron chi connectivity index (χ4n) is 2.65. The van der Waals surface area contributed by atoms with Crippen LogP contribution in [0.3, 0.4) is 0 Å². The summed E-state index contributed by atoms with van der Waals surface area (Å²) < 4.78 is 5.79. The maximum Gasteiger partial charge on any atom is 0.488 e. The van der Waals surface area contributed by atoms with E-state index < -0.39 is 7.12 Å². The Balaban J connectivity index is 1.69. The number of hydrogen-bond acceptors (Lipinski definition) is 3. The summed E-state index contributed by atoms with van der Waals surface area (Å²) in [5.74, 6) is 0.876. The van der Waals surface area contributed by atoms with Crippen LogP contribution in [0.25, 0.3) is 0 Å². The topological polar surface area (TPSA) is 49.7 Å². The molecule has 1 aliphatic carbocycles. The Morgan fingerprint density at radius 1 is 1.00 bits per heavy atom. The van der Waals surface area contributed by atoms with Gasteiger partial charge in [0.2, 0.25) is 0 Å². The first kappa shape index (κ1) is 13.2. The summed E-state index contributed by atoms with van der Waals surface area (Å²) in [6.45, 7) is 0.430. The van der Waals surface area contributed by atoms with Crippen molar-refractivity contribution < 1.29 is 14.8 Å². The van der Waals surface area contributed by atoms with Crippen LogP contribution in [0.2, 0.25) is 0 Å². The van der Waals surface area contributed by atoms with E-state index >= 15 is 0 Å². The molecular weight excluding hydrogens is 251 g/mol. The molecule has 102 valence electrons. The highest BCUT2D eigenvalue weighted by molar-refractivity contribution is 6.58. The van der Waals surface area contributed by atoms with Gasteiger partial charge in [-0.15, -0.1) is 0 Å². The highest BCUT2D eigenvalue weighted by Crippen LogP contribution is 2.26. The van der Waals surface area contributed by atoms with Crippen molar-refractivity contribution in [2.75, 3.05) is 0 Å². The Kier molecular flexibility index (Phi) is 3.76. The molecule has 0 amide bonds. The Hall–Kier alpha value is -1.78. The third-order valence-corrected chi connectivity index (χ3v) is 3.72. The fraction of sp³-hybridized carbons (Fsp3) is 0.250. The molecular formula is C16H17BO3. The van der Waals surface area contributed by atoms with Crippen LogP contribution in [0, 0.1) is 0 Å². The summed E-state index contributed by atoms with van der Waals surface area (Å²) in [5.41, 5.74) is 4.24. The van der Waals surface area contributed by atoms with Crippen molar-refractivity contribution in [2.24, 2.45) is 0 Å². The second-order valence-corrected chi connectivity index (χ2v) is 5.19. The first-order chi connectivity index (χ1) is 9.72. The highest BCUT2D eigenvalue weighted by atomic mass is 16.5. The second kappa shape index (κ2) is 5.69. The molecule has 0 fully saturated rings. The first-order valence-corrected chi connectivity index (χ1v) is 6.92. The minimum atomic E-state index is -1.44. The number of ether oxygens (including phenoxy) is 1. The summed E-state index contributed by atoms with van der Waals surface area (Å²) in [6.07, 6.45) is 3.54. The zero-order valence-electron chi connectivity index (χ0n) is 11.2. The lowest BCUT2D eigenvalue weighted by atomic mass is 9.80. The van der Waals surface area contributed by atoms with Gasteiger partial charge in [0.1, 0.15) is 12.4 Å². The number of hydrogen-bond donors (Lipinski definition) is 2. The molecule has 0 atom stereocenters. The van der Waals surface area contributed by atoms with Crippen LogP contribution < -0.4 is 10.2 Å². The van der Waals surface area contributed by atoms with Gasteiger partial charge >= 0.3 is 7.12 Å². The fourth-order valence-corrected chi connectivity index (χ4v) is 2.65. The molecule has 0 unspecified atom stereocenters. The quantitative estimate of drug-likeness (QED) is 0.825. The van der Waals surface area contributed by atoms with Crippen molar-refractivity contribution >= 4 is 12.6 Å². The van der Waals surface area contributed by atoms with Crippen molar-refractivity contribution in [3.8, 4) is 5.75 Å². The largest absolute Gasteiger partial charge is 0.489 e. The van der Waals surface area contributed by atoms with Gasteiger partial charge in [0.25, 0.3) is 0 Å². The maximum absolute atomic E-state index is 9.15. The molecule has 0 radical (unpaired) electrons. The van der Waals surface area contributed by atoms with E-state index in [9.17, 15) is 0 Å². The molecule has 0 bridgehead atoms. The van der Waals surface area contributed by atoms with Gasteiger partial charge in [0.05, 0.1) is 0 Å². The van der Waals surface area contributed by atoms with Crippen molar-refractivity contribution in [3.05, 3.63) is 59.2 Å². The molecule has 0 spiro atoms. The Bertz CT molecular complexity index is 610. The van der Waals surface area contributed by atoms with Crippen LogP contribution in [0.4, 0.5) is 0 Å². The maximum atomic E-state index is 9.15. The van der Waals surface area contributed by atoms with Crippen LogP contribution in [0.5, 0.6) is 5.75 Å². The minimum Gasteiger partial charge on any atom is -0.489 e. The minimum absolute atomic E-state index is 0.430. The van der Waals surface area contributed by atoms with Crippen LogP contribution in [-0.4, -0.2) is 17.2 Å². The normalized spacial score (nSPS) is 13.1. The number of rotatable bonds is 4. The van der Waals surface area contributed by atoms with Crippen molar-refractivity contribution in [3.63, 3.8) is 0 Å². The van der Waals surface area contributed by atoms with Gasteiger partial charge in [0.15, 0.2) is 0 Å². The third-order valence-electron chi connectivity index (χ3n) is 3.72. The van der Waals surface area contributed by atoms with E-state index in [0.717, 1.165) is 17.7 Å². The molecule has 2 aromatic carbocycles. The monoisotopic (exact) mass is 268 g/mol. The van der Waals surface area contributed by atoms with Gasteiger partial charge in [-0.3, -0.25) is 0 Å². The van der Waals surface area contributed by atoms with E-state index in [0.29, 0.717) is 12.1 Å². The first-order valence-electron chi connectivity index (χ1n) is 6.92. The molecule has 2 N–H and O–H groups in total. The summed E-state index contributed by atoms with van der Waals surface area (Å²) in [6, 6.07) is 13.4. The number of aryl methyl sites for hydroxylation is 2. The molecule has 4 heteroatoms. The van der Waals surface area contributed by atoms with Crippen molar-refractivity contribution in [1.29, 1.82) is 0 Å². The van der Waals surface area contributed by atoms with Gasteiger partial charge in [-0.1, -0.05) is 30.3 Å². The SMILES string of the molecule is OB(O)c1cccc(COc2ccc3c(c2)CCC3)c1. The summed E-state index contributed by atoms with van der Waals surface area (Å²) in [7, 11) is -1.44. The predicted molar refractivity (Wildman–Crippen MR) is 79.1 cm³/mol. The molecule has 2 aromatic rings. The molecule has 1 aliphatic rings. The lowest BCUT2D eigenvalue weighted by molar-refractivity contribution is 0.306. The van der Waals surface area contributed by atoms with E-state index in [1.54, 1.807) is 18.2 Å². The molecule has 20 heavy (non-hydrogen) atoms. The summed E-state index contributed by atoms with van der Waals surface area (Å²) in [4.78, 5) is 0. The smallest absolute Gasteiger partial charge is 0.488 e. The Morgan fingerprint density at radius 2 is 1.85 bits per heavy atom. The standard InChI is InChI=1S/C16H17BO3/c18-17(19)15-6-1-3-12(9-15)11-20-16-8-7-13-4-2-5-14(13)10-16/h1,3,6-10,18-19H,2,4-5,11H2. The zero-order chi connectivity index (χ0) is 13.9. The Labute approximate surface area is 119 Å². The lowest BCUT2D eigenvalue weighted by Gasteiger charge is -2.09. The van der Waals surface area contributed by atoms with Gasteiger partial charge < -0.3 is 14.8 Å². The molecule has 3 rings (SSSR count). The number of benzene rings is 2. The highest BCUT2D eigenvalue weighted by Gasteiger charge is 2.12. The van der Waals surface area contributed by atoms with Gasteiger partial charge in [-0.25, -0.2) is 0 Å². The molecule has 0 heterocycles. The van der Waals surface area contributed by atoms with Crippen LogP contribution in [0.15, 0.2) is 42.5 Å². The second-order valence-electron chi connectivity index (χ2n) is 5.19. The molecule has 0 saturated heterocycles. The van der Waals surface area contributed by atoms with E-state index in [1.165, 1.54) is 24.0 Å². The lowest BCUT2D eigenvalue weighted by Crippen LogP contribution is -2.29. The third kappa shape index (κ3) is 2.87. The van der Waals surface area contributed by atoms with Gasteiger partial charge in [-0.2, -0.15) is 0 Å². The van der Waals surface area contributed by atoms with E-state index in [4.69, 9.17) is 14.8 Å². The van der Waals surface area contributed by atoms with Crippen LogP contribution in [-0.2, 0) is 19.4 Å². The molecule has 3 nitrogen and oxygen atoms in total. The summed E-state index contributed by atoms with van der Waals surface area (Å²) >= 11 is 0. The number of fused-ring (bicyclic) bond motifs is 1. The van der Waals surface area contributed by atoms with Gasteiger partial charge in [0, 0.05) is 0 Å². The predicted octanol–water partition coefficient (Wildman–Crippen LogP) is 1.43. The average molecular weight is 268 g/mol. The van der Waals surface area contributed by atoms with Gasteiger partial charge in [-0.05, 0) is 53.5 Å². The average Bonchev–Trinajstić information content (AvgIpc) is 2.93. The van der Waals surface area contributed by atoms with Crippen molar-refractivity contribution in [1.82, 2.24) is 0 Å². The summed E-state index contributed by atoms with van der Waals surface area (Å²) in [5, 5.41) is 18.3. The Morgan fingerprint density at radius 3 is 2.70 bits per heavy atom. The van der Waals surface area contributed by atoms with Crippen molar-refractivity contribution in [2.45, 2.75) is 25.9 Å².